The second-order valence-electron chi connectivity index (χ2n) is 13.1. The Morgan fingerprint density at radius 2 is 1.44 bits per heavy atom. The van der Waals surface area contributed by atoms with Crippen molar-refractivity contribution in [2.45, 2.75) is 83.8 Å². The van der Waals surface area contributed by atoms with Gasteiger partial charge in [-0.05, 0) is 73.4 Å². The van der Waals surface area contributed by atoms with Gasteiger partial charge >= 0.3 is 15.4 Å². The molecule has 0 aliphatic carbocycles. The van der Waals surface area contributed by atoms with Crippen molar-refractivity contribution in [3.63, 3.8) is 0 Å². The molecule has 1 saturated heterocycles. The van der Waals surface area contributed by atoms with Gasteiger partial charge in [0.2, 0.25) is 0 Å². The van der Waals surface area contributed by atoms with Crippen LogP contribution in [0.5, 0.6) is 11.5 Å². The number of aromatic nitrogens is 2. The summed E-state index contributed by atoms with van der Waals surface area (Å²) in [6, 6.07) is 24.7. The highest BCUT2D eigenvalue weighted by molar-refractivity contribution is 7.31. The van der Waals surface area contributed by atoms with E-state index in [2.05, 4.69) is 37.6 Å². The molecule has 14 heteroatoms. The number of nitrogens with zero attached hydrogens (tertiary/aromatic N) is 2. The molecule has 0 bridgehead atoms. The first-order valence-electron chi connectivity index (χ1n) is 18.9. The zero-order valence-corrected chi connectivity index (χ0v) is 33.7. The Kier molecular flexibility index (Phi) is 17.4. The van der Waals surface area contributed by atoms with E-state index in [9.17, 15) is 19.0 Å². The summed E-state index contributed by atoms with van der Waals surface area (Å²) >= 11 is 0. The van der Waals surface area contributed by atoms with Gasteiger partial charge in [0.25, 0.3) is 5.56 Å². The molecular formula is C41H57N3O10P+. The molecule has 0 amide bonds. The summed E-state index contributed by atoms with van der Waals surface area (Å²) < 4.78 is 41.7. The van der Waals surface area contributed by atoms with Crippen LogP contribution in [0.3, 0.4) is 0 Å². The van der Waals surface area contributed by atoms with E-state index in [4.69, 9.17) is 28.5 Å². The number of hydrogen-bond donors (Lipinski definition) is 2. The summed E-state index contributed by atoms with van der Waals surface area (Å²) in [6.45, 7) is 12.1. The molecule has 1 aromatic heterocycles. The maximum absolute atomic E-state index is 13.0. The third-order valence-corrected chi connectivity index (χ3v) is 10.0. The van der Waals surface area contributed by atoms with Gasteiger partial charge in [-0.1, -0.05) is 95.1 Å². The quantitative estimate of drug-likeness (QED) is 0.0342. The average molecular weight is 783 g/mol. The third kappa shape index (κ3) is 11.5. The number of nitrogens with one attached hydrogen (secondary N) is 1. The summed E-state index contributed by atoms with van der Waals surface area (Å²) in [5.41, 5.74) is 0.593. The van der Waals surface area contributed by atoms with Crippen LogP contribution >= 0.6 is 8.25 Å². The number of ether oxygens (including phenoxy) is 4. The Hall–Kier alpha value is -4.07. The fourth-order valence-corrected chi connectivity index (χ4v) is 6.87. The monoisotopic (exact) mass is 782 g/mol. The van der Waals surface area contributed by atoms with E-state index in [1.54, 1.807) is 14.2 Å². The van der Waals surface area contributed by atoms with E-state index in [-0.39, 0.29) is 14.5 Å². The molecule has 4 atom stereocenters. The van der Waals surface area contributed by atoms with Crippen molar-refractivity contribution in [3.8, 4) is 11.5 Å². The highest BCUT2D eigenvalue weighted by Crippen LogP contribution is 2.43. The van der Waals surface area contributed by atoms with Gasteiger partial charge in [-0.25, -0.2) is 9.68 Å². The van der Waals surface area contributed by atoms with Gasteiger partial charge < -0.3 is 28.7 Å². The molecule has 0 spiro atoms. The Morgan fingerprint density at radius 3 is 1.93 bits per heavy atom. The van der Waals surface area contributed by atoms with Crippen molar-refractivity contribution >= 4 is 8.25 Å². The Labute approximate surface area is 325 Å². The van der Waals surface area contributed by atoms with Crippen molar-refractivity contribution in [2.75, 3.05) is 40.5 Å². The molecule has 0 radical (unpaired) electrons. The second-order valence-corrected chi connectivity index (χ2v) is 13.8. The molecule has 300 valence electrons. The molecule has 3 aromatic carbocycles. The molecule has 55 heavy (non-hydrogen) atoms. The molecule has 0 saturated carbocycles. The standard InChI is InChI=1S/C35H41N2O10P.C6H15N/c1-4-5-7-10-24-22-37(34(39)36-33(24)38)32-21-30(46-47-48(40)41)31(45-32)23-44-35(25-11-8-6-9-12-25,26-13-17-28(42-2)18-14-26)27-15-19-29(43-3)20-16-27;1-4-7(5-2)6-3/h6,8-9,11-20,22,30-32,48H,4-5,7,10,21,23H2,1-3H3,(H,40,41)(H,36,38,39);4-6H2,1-3H3/p+1/t30-,31+,32+;/m0./s1. The molecular weight excluding hydrogens is 725 g/mol. The van der Waals surface area contributed by atoms with Gasteiger partial charge in [0.1, 0.15) is 35.5 Å². The lowest BCUT2D eigenvalue weighted by Gasteiger charge is -2.37. The van der Waals surface area contributed by atoms with Gasteiger partial charge in [0, 0.05) is 18.2 Å². The van der Waals surface area contributed by atoms with Gasteiger partial charge in [0.05, 0.1) is 20.8 Å². The molecule has 5 rings (SSSR count). The van der Waals surface area contributed by atoms with Crippen molar-refractivity contribution in [3.05, 3.63) is 128 Å². The van der Waals surface area contributed by atoms with E-state index in [1.807, 2.05) is 78.9 Å². The number of aromatic amines is 1. The molecule has 1 unspecified atom stereocenters. The van der Waals surface area contributed by atoms with E-state index in [1.165, 1.54) is 30.4 Å². The average Bonchev–Trinajstić information content (AvgIpc) is 3.62. The first-order valence-corrected chi connectivity index (χ1v) is 20.2. The maximum atomic E-state index is 13.0. The molecule has 13 nitrogen and oxygen atoms in total. The Balaban J connectivity index is 0.000000960. The largest absolute Gasteiger partial charge is 1.00 e. The van der Waals surface area contributed by atoms with Crippen molar-refractivity contribution in [1.82, 2.24) is 14.5 Å². The fourth-order valence-electron chi connectivity index (χ4n) is 6.66. The van der Waals surface area contributed by atoms with E-state index < -0.39 is 43.5 Å². The molecule has 2 heterocycles. The van der Waals surface area contributed by atoms with Gasteiger partial charge in [-0.3, -0.25) is 18.9 Å². The van der Waals surface area contributed by atoms with Crippen molar-refractivity contribution in [2.24, 2.45) is 0 Å². The highest BCUT2D eigenvalue weighted by Gasteiger charge is 2.44. The van der Waals surface area contributed by atoms with Crippen molar-refractivity contribution in [1.29, 1.82) is 0 Å². The zero-order chi connectivity index (χ0) is 39.8. The Bertz CT molecular complexity index is 1820. The number of methoxy groups -OCH3 is 2. The highest BCUT2D eigenvalue weighted by atomic mass is 31.1. The van der Waals surface area contributed by atoms with Crippen LogP contribution in [0.15, 0.2) is 94.6 Å². The number of unbranched alkanes of at least 4 members (excludes halogenated alkanes) is 2. The van der Waals surface area contributed by atoms with Gasteiger partial charge in [-0.15, -0.1) is 0 Å². The number of benzene rings is 3. The van der Waals surface area contributed by atoms with Crippen LogP contribution in [0.1, 0.15) is 83.3 Å². The predicted octanol–water partition coefficient (Wildman–Crippen LogP) is 6.74. The summed E-state index contributed by atoms with van der Waals surface area (Å²) in [6.07, 6.45) is 2.16. The van der Waals surface area contributed by atoms with Crippen LogP contribution in [0.2, 0.25) is 0 Å². The molecule has 1 fully saturated rings. The minimum Gasteiger partial charge on any atom is -0.497 e. The first kappa shape index (κ1) is 43.7. The first-order chi connectivity index (χ1) is 26.6. The Morgan fingerprint density at radius 1 is 0.873 bits per heavy atom. The van der Waals surface area contributed by atoms with Crippen LogP contribution in [-0.4, -0.2) is 72.0 Å². The summed E-state index contributed by atoms with van der Waals surface area (Å²) in [4.78, 5) is 45.1. The predicted molar refractivity (Wildman–Crippen MR) is 213 cm³/mol. The lowest BCUT2D eigenvalue weighted by molar-refractivity contribution is -0.260. The van der Waals surface area contributed by atoms with Crippen LogP contribution in [0, 0.1) is 0 Å². The van der Waals surface area contributed by atoms with Gasteiger partial charge in [-0.2, -0.15) is 4.67 Å². The van der Waals surface area contributed by atoms with Crippen LogP contribution in [-0.2, 0) is 35.6 Å². The van der Waals surface area contributed by atoms with E-state index in [0.29, 0.717) is 23.5 Å². The summed E-state index contributed by atoms with van der Waals surface area (Å²) in [5.74, 6) is 1.34. The van der Waals surface area contributed by atoms with E-state index >= 15 is 0 Å². The fraction of sp³-hybridized carbons (Fsp3) is 0.463. The molecule has 1 aliphatic heterocycles. The van der Waals surface area contributed by atoms with Crippen LogP contribution in [0.4, 0.5) is 0 Å². The van der Waals surface area contributed by atoms with Crippen LogP contribution in [0.25, 0.3) is 0 Å². The zero-order valence-electron chi connectivity index (χ0n) is 33.7. The van der Waals surface area contributed by atoms with Crippen molar-refractivity contribution < 1.29 is 39.4 Å². The van der Waals surface area contributed by atoms with Gasteiger partial charge in [0.15, 0.2) is 0 Å². The van der Waals surface area contributed by atoms with Crippen LogP contribution < -0.4 is 20.7 Å². The topological polar surface area (TPSA) is 151 Å². The lowest BCUT2D eigenvalue weighted by Crippen LogP contribution is -2.38. The molecule has 2 N–H and O–H groups in total. The smallest absolute Gasteiger partial charge is 0.497 e. The number of rotatable bonds is 19. The summed E-state index contributed by atoms with van der Waals surface area (Å²) in [7, 11) is -0.260. The summed E-state index contributed by atoms with van der Waals surface area (Å²) in [5, 5.41) is 0. The maximum Gasteiger partial charge on any atom is 1.00 e. The molecule has 1 aliphatic rings. The van der Waals surface area contributed by atoms with E-state index in [0.717, 1.165) is 36.0 Å². The number of aryl methyl sites for hydroxylation is 1. The minimum atomic E-state index is -3.45. The number of H-pyrrole nitrogens is 1. The lowest BCUT2D eigenvalue weighted by atomic mass is 9.80. The number of hydrogen-bond acceptors (Lipinski definition) is 10. The second kappa shape index (κ2) is 21.9. The normalized spacial score (nSPS) is 17.4. The molecule has 4 aromatic rings. The third-order valence-electron chi connectivity index (χ3n) is 9.80. The minimum absolute atomic E-state index is 0. The SMILES string of the molecule is CCCCCc1cn([C@H]2C[C@H](OO[PH](=O)O)[C@@H](COC(c3ccccc3)(c3ccc(OC)cc3)c3ccc(OC)cc3)O2)c(=O)[nH]c1=O.CCN(CC)CC.[H+].